The highest BCUT2D eigenvalue weighted by atomic mass is 16.5. The van der Waals surface area contributed by atoms with Crippen molar-refractivity contribution >= 4 is 11.6 Å². The minimum absolute atomic E-state index is 0.186. The van der Waals surface area contributed by atoms with Crippen LogP contribution in [0.15, 0.2) is 36.5 Å². The molecule has 1 amide bonds. The number of hydrogen-bond acceptors (Lipinski definition) is 5. The van der Waals surface area contributed by atoms with E-state index in [2.05, 4.69) is 4.98 Å². The van der Waals surface area contributed by atoms with Crippen molar-refractivity contribution in [1.82, 2.24) is 4.98 Å². The van der Waals surface area contributed by atoms with E-state index in [0.29, 0.717) is 11.5 Å². The van der Waals surface area contributed by atoms with Gasteiger partial charge in [0.1, 0.15) is 5.56 Å². The van der Waals surface area contributed by atoms with Gasteiger partial charge in [0.2, 0.25) is 5.88 Å². The fraction of sp³-hybridized carbons (Fsp3) is 0.250. The second kappa shape index (κ2) is 6.80. The number of ether oxygens (including phenoxy) is 3. The number of amides is 1. The van der Waals surface area contributed by atoms with Crippen LogP contribution in [0, 0.1) is 0 Å². The molecule has 2 aromatic rings. The maximum atomic E-state index is 12.8. The van der Waals surface area contributed by atoms with Crippen molar-refractivity contribution in [3.63, 3.8) is 0 Å². The summed E-state index contributed by atoms with van der Waals surface area (Å²) in [5, 5.41) is 0. The lowest BCUT2D eigenvalue weighted by Crippen LogP contribution is -2.27. The van der Waals surface area contributed by atoms with Crippen molar-refractivity contribution in [2.45, 2.75) is 0 Å². The Balaban J connectivity index is 2.52. The minimum atomic E-state index is -0.300. The number of rotatable bonds is 5. The van der Waals surface area contributed by atoms with Gasteiger partial charge in [-0.2, -0.15) is 0 Å². The molecule has 0 saturated heterocycles. The summed E-state index contributed by atoms with van der Waals surface area (Å²) in [4.78, 5) is 18.4. The average Bonchev–Trinajstić information content (AvgIpc) is 2.59. The lowest BCUT2D eigenvalue weighted by atomic mass is 10.2. The molecule has 0 atom stereocenters. The Bertz CT molecular complexity index is 659. The molecule has 6 heteroatoms. The van der Waals surface area contributed by atoms with Crippen molar-refractivity contribution in [2.75, 3.05) is 33.3 Å². The number of methoxy groups -OCH3 is 3. The van der Waals surface area contributed by atoms with E-state index >= 15 is 0 Å². The maximum absolute atomic E-state index is 12.8. The summed E-state index contributed by atoms with van der Waals surface area (Å²) >= 11 is 0. The number of benzene rings is 1. The van der Waals surface area contributed by atoms with Crippen LogP contribution < -0.4 is 19.1 Å². The molecule has 0 unspecified atom stereocenters. The van der Waals surface area contributed by atoms with E-state index in [9.17, 15) is 4.79 Å². The zero-order valence-corrected chi connectivity index (χ0v) is 13.0. The van der Waals surface area contributed by atoms with E-state index in [-0.39, 0.29) is 17.4 Å². The first-order chi connectivity index (χ1) is 10.6. The SMILES string of the molecule is COc1cnc(OC)c(C(=O)N(C)c2ccccc2)c1OC. The molecule has 0 saturated carbocycles. The summed E-state index contributed by atoms with van der Waals surface area (Å²) in [5.74, 6) is 0.548. The molecule has 1 aromatic carbocycles. The van der Waals surface area contributed by atoms with Gasteiger partial charge in [-0.15, -0.1) is 0 Å². The van der Waals surface area contributed by atoms with Crippen LogP contribution in [0.25, 0.3) is 0 Å². The number of aromatic nitrogens is 1. The van der Waals surface area contributed by atoms with E-state index in [1.165, 1.54) is 32.4 Å². The van der Waals surface area contributed by atoms with Gasteiger partial charge in [-0.3, -0.25) is 4.79 Å². The molecule has 0 aliphatic rings. The molecule has 1 heterocycles. The summed E-state index contributed by atoms with van der Waals surface area (Å²) in [7, 11) is 6.08. The summed E-state index contributed by atoms with van der Waals surface area (Å²) in [6.07, 6.45) is 1.46. The largest absolute Gasteiger partial charge is 0.492 e. The fourth-order valence-electron chi connectivity index (χ4n) is 2.09. The number of para-hydroxylation sites is 1. The first-order valence-corrected chi connectivity index (χ1v) is 6.62. The predicted molar refractivity (Wildman–Crippen MR) is 83.1 cm³/mol. The van der Waals surface area contributed by atoms with Crippen molar-refractivity contribution in [1.29, 1.82) is 0 Å². The van der Waals surface area contributed by atoms with E-state index in [1.807, 2.05) is 30.3 Å². The topological polar surface area (TPSA) is 60.9 Å². The smallest absolute Gasteiger partial charge is 0.267 e. The van der Waals surface area contributed by atoms with E-state index in [0.717, 1.165) is 5.69 Å². The van der Waals surface area contributed by atoms with Crippen LogP contribution in [0.1, 0.15) is 10.4 Å². The quantitative estimate of drug-likeness (QED) is 0.848. The molecule has 0 spiro atoms. The van der Waals surface area contributed by atoms with Crippen LogP contribution in [-0.2, 0) is 0 Å². The lowest BCUT2D eigenvalue weighted by molar-refractivity contribution is 0.0985. The van der Waals surface area contributed by atoms with Gasteiger partial charge in [-0.25, -0.2) is 4.98 Å². The second-order valence-corrected chi connectivity index (χ2v) is 4.44. The third-order valence-electron chi connectivity index (χ3n) is 3.24. The normalized spacial score (nSPS) is 10.0. The molecule has 6 nitrogen and oxygen atoms in total. The molecule has 0 bridgehead atoms. The highest BCUT2D eigenvalue weighted by Gasteiger charge is 2.26. The Morgan fingerprint density at radius 2 is 1.73 bits per heavy atom. The Morgan fingerprint density at radius 3 is 2.27 bits per heavy atom. The zero-order chi connectivity index (χ0) is 16.1. The first kappa shape index (κ1) is 15.6. The monoisotopic (exact) mass is 302 g/mol. The summed E-state index contributed by atoms with van der Waals surface area (Å²) < 4.78 is 15.7. The molecule has 0 radical (unpaired) electrons. The van der Waals surface area contributed by atoms with Crippen molar-refractivity contribution in [3.8, 4) is 17.4 Å². The molecular formula is C16H18N2O4. The van der Waals surface area contributed by atoms with Crippen molar-refractivity contribution in [3.05, 3.63) is 42.1 Å². The van der Waals surface area contributed by atoms with Gasteiger partial charge in [-0.05, 0) is 12.1 Å². The predicted octanol–water partition coefficient (Wildman–Crippen LogP) is 2.38. The highest BCUT2D eigenvalue weighted by Crippen LogP contribution is 2.36. The highest BCUT2D eigenvalue weighted by molar-refractivity contribution is 6.09. The van der Waals surface area contributed by atoms with Gasteiger partial charge in [0.15, 0.2) is 11.5 Å². The lowest BCUT2D eigenvalue weighted by Gasteiger charge is -2.20. The van der Waals surface area contributed by atoms with Crippen LogP contribution in [-0.4, -0.2) is 39.3 Å². The van der Waals surface area contributed by atoms with Gasteiger partial charge < -0.3 is 19.1 Å². The van der Waals surface area contributed by atoms with E-state index < -0.39 is 0 Å². The van der Waals surface area contributed by atoms with Crippen LogP contribution in [0.3, 0.4) is 0 Å². The molecule has 0 fully saturated rings. The molecule has 116 valence electrons. The van der Waals surface area contributed by atoms with Gasteiger partial charge in [0.25, 0.3) is 5.91 Å². The Hall–Kier alpha value is -2.76. The van der Waals surface area contributed by atoms with E-state index in [1.54, 1.807) is 7.05 Å². The number of carbonyl (C=O) groups is 1. The molecule has 0 aliphatic carbocycles. The van der Waals surface area contributed by atoms with Gasteiger partial charge in [0, 0.05) is 12.7 Å². The zero-order valence-electron chi connectivity index (χ0n) is 13.0. The third kappa shape index (κ3) is 2.81. The van der Waals surface area contributed by atoms with Gasteiger partial charge in [-0.1, -0.05) is 18.2 Å². The van der Waals surface area contributed by atoms with Crippen molar-refractivity contribution in [2.24, 2.45) is 0 Å². The van der Waals surface area contributed by atoms with Gasteiger partial charge in [0.05, 0.1) is 27.5 Å². The summed E-state index contributed by atoms with van der Waals surface area (Å²) in [5.41, 5.74) is 0.968. The first-order valence-electron chi connectivity index (χ1n) is 6.62. The molecule has 2 rings (SSSR count). The van der Waals surface area contributed by atoms with Crippen LogP contribution in [0.5, 0.6) is 17.4 Å². The summed E-state index contributed by atoms with van der Waals surface area (Å²) in [6, 6.07) is 9.28. The van der Waals surface area contributed by atoms with Crippen molar-refractivity contribution < 1.29 is 19.0 Å². The molecule has 0 N–H and O–H groups in total. The van der Waals surface area contributed by atoms with Gasteiger partial charge >= 0.3 is 0 Å². The second-order valence-electron chi connectivity index (χ2n) is 4.44. The molecule has 0 aliphatic heterocycles. The fourth-order valence-corrected chi connectivity index (χ4v) is 2.09. The molecular weight excluding hydrogens is 284 g/mol. The Labute approximate surface area is 129 Å². The Morgan fingerprint density at radius 1 is 1.05 bits per heavy atom. The Kier molecular flexibility index (Phi) is 4.83. The molecule has 22 heavy (non-hydrogen) atoms. The van der Waals surface area contributed by atoms with Crippen LogP contribution in [0.4, 0.5) is 5.69 Å². The average molecular weight is 302 g/mol. The number of carbonyl (C=O) groups excluding carboxylic acids is 1. The van der Waals surface area contributed by atoms with Crippen LogP contribution in [0.2, 0.25) is 0 Å². The number of pyridine rings is 1. The van der Waals surface area contributed by atoms with Crippen LogP contribution >= 0.6 is 0 Å². The number of hydrogen-bond donors (Lipinski definition) is 0. The van der Waals surface area contributed by atoms with E-state index in [4.69, 9.17) is 14.2 Å². The minimum Gasteiger partial charge on any atom is -0.492 e. The maximum Gasteiger partial charge on any atom is 0.267 e. The number of anilines is 1. The third-order valence-corrected chi connectivity index (χ3v) is 3.24. The number of nitrogens with zero attached hydrogens (tertiary/aromatic N) is 2. The standard InChI is InChI=1S/C16H18N2O4/c1-18(11-8-6-5-7-9-11)16(19)13-14(21-3)12(20-2)10-17-15(13)22-4/h5-10H,1-4H3. The molecule has 1 aromatic heterocycles. The summed E-state index contributed by atoms with van der Waals surface area (Å²) in [6.45, 7) is 0.